The lowest BCUT2D eigenvalue weighted by Gasteiger charge is -2.26. The zero-order valence-corrected chi connectivity index (χ0v) is 23.7. The first kappa shape index (κ1) is 31.5. The number of benzene rings is 2. The van der Waals surface area contributed by atoms with E-state index >= 15 is 0 Å². The van der Waals surface area contributed by atoms with Gasteiger partial charge in [-0.25, -0.2) is 8.42 Å². The van der Waals surface area contributed by atoms with Gasteiger partial charge in [0.05, 0.1) is 17.6 Å². The van der Waals surface area contributed by atoms with E-state index in [0.717, 1.165) is 63.7 Å². The van der Waals surface area contributed by atoms with Crippen molar-refractivity contribution in [2.45, 2.75) is 62.6 Å². The molecular formula is C29H45N3O6S. The van der Waals surface area contributed by atoms with E-state index in [1.54, 1.807) is 22.5 Å². The number of nitrogens with one attached hydrogen (secondary N) is 2. The number of sulfonamides is 1. The number of hydrogen-bond donors (Lipinski definition) is 5. The molecule has 0 saturated carbocycles. The Morgan fingerprint density at radius 2 is 1.72 bits per heavy atom. The smallest absolute Gasteiger partial charge is 0.243 e. The molecule has 1 aliphatic rings. The number of aliphatic hydroxyl groups is 2. The fourth-order valence-electron chi connectivity index (χ4n) is 4.63. The van der Waals surface area contributed by atoms with Crippen LogP contribution in [0.25, 0.3) is 0 Å². The highest BCUT2D eigenvalue weighted by atomic mass is 32.2. The number of rotatable bonds is 18. The Hall–Kier alpha value is -2.05. The topological polar surface area (TPSA) is 131 Å². The fraction of sp³-hybridized carbons (Fsp3) is 0.586. The Morgan fingerprint density at radius 3 is 2.49 bits per heavy atom. The lowest BCUT2D eigenvalue weighted by atomic mass is 10.1. The van der Waals surface area contributed by atoms with Gasteiger partial charge in [0.15, 0.2) is 0 Å². The number of aliphatic hydroxyl groups excluding tert-OH is 2. The predicted octanol–water partition coefficient (Wildman–Crippen LogP) is 2.70. The number of unbranched alkanes of at least 4 members (excludes halogenated alkanes) is 4. The normalized spacial score (nSPS) is 15.4. The molecule has 1 aliphatic heterocycles. The minimum absolute atomic E-state index is 0.0347. The van der Waals surface area contributed by atoms with Gasteiger partial charge in [0, 0.05) is 51.5 Å². The molecule has 0 aromatic heterocycles. The summed E-state index contributed by atoms with van der Waals surface area (Å²) in [6.45, 7) is 4.86. The van der Waals surface area contributed by atoms with Gasteiger partial charge in [-0.1, -0.05) is 31.0 Å². The minimum Gasteiger partial charge on any atom is -0.508 e. The van der Waals surface area contributed by atoms with Crippen molar-refractivity contribution in [1.82, 2.24) is 14.9 Å². The van der Waals surface area contributed by atoms with Crippen molar-refractivity contribution in [2.75, 3.05) is 52.5 Å². The van der Waals surface area contributed by atoms with Crippen molar-refractivity contribution >= 4 is 10.0 Å². The first-order valence-corrected chi connectivity index (χ1v) is 15.5. The van der Waals surface area contributed by atoms with E-state index in [-0.39, 0.29) is 12.4 Å². The summed E-state index contributed by atoms with van der Waals surface area (Å²) in [6.07, 6.45) is 6.29. The summed E-state index contributed by atoms with van der Waals surface area (Å²) >= 11 is 0. The van der Waals surface area contributed by atoms with Crippen LogP contribution in [0.1, 0.15) is 61.3 Å². The highest BCUT2D eigenvalue weighted by molar-refractivity contribution is 7.89. The van der Waals surface area contributed by atoms with Crippen LogP contribution in [0.15, 0.2) is 47.4 Å². The monoisotopic (exact) mass is 563 g/mol. The Morgan fingerprint density at radius 1 is 0.974 bits per heavy atom. The Labute approximate surface area is 233 Å². The number of aromatic hydroxyl groups is 1. The van der Waals surface area contributed by atoms with Crippen molar-refractivity contribution in [3.63, 3.8) is 0 Å². The fourth-order valence-corrected chi connectivity index (χ4v) is 6.15. The minimum atomic E-state index is -3.42. The molecule has 0 spiro atoms. The molecule has 39 heavy (non-hydrogen) atoms. The van der Waals surface area contributed by atoms with Crippen LogP contribution < -0.4 is 10.6 Å². The third-order valence-corrected chi connectivity index (χ3v) is 8.90. The molecule has 3 rings (SSSR count). The molecule has 1 heterocycles. The van der Waals surface area contributed by atoms with Gasteiger partial charge in [0.2, 0.25) is 10.0 Å². The van der Waals surface area contributed by atoms with Gasteiger partial charge in [-0.3, -0.25) is 0 Å². The number of aryl methyl sites for hydroxylation is 1. The maximum Gasteiger partial charge on any atom is 0.243 e. The third-order valence-electron chi connectivity index (χ3n) is 7.00. The summed E-state index contributed by atoms with van der Waals surface area (Å²) in [7, 11) is -3.42. The quantitative estimate of drug-likeness (QED) is 0.175. The van der Waals surface area contributed by atoms with E-state index in [2.05, 4.69) is 10.6 Å². The van der Waals surface area contributed by atoms with Crippen molar-refractivity contribution < 1.29 is 28.5 Å². The van der Waals surface area contributed by atoms with Gasteiger partial charge >= 0.3 is 0 Å². The summed E-state index contributed by atoms with van der Waals surface area (Å²) in [5.41, 5.74) is 2.14. The lowest BCUT2D eigenvalue weighted by molar-refractivity contribution is 0.126. The molecular weight excluding hydrogens is 518 g/mol. The van der Waals surface area contributed by atoms with E-state index in [1.165, 1.54) is 6.07 Å². The van der Waals surface area contributed by atoms with E-state index in [4.69, 9.17) is 4.74 Å². The second-order valence-corrected chi connectivity index (χ2v) is 12.0. The first-order chi connectivity index (χ1) is 18.9. The van der Waals surface area contributed by atoms with Gasteiger partial charge in [-0.05, 0) is 74.0 Å². The van der Waals surface area contributed by atoms with Gasteiger partial charge in [0.25, 0.3) is 0 Å². The molecule has 0 amide bonds. The number of ether oxygens (including phenoxy) is 1. The van der Waals surface area contributed by atoms with Gasteiger partial charge in [0.1, 0.15) is 5.75 Å². The molecule has 10 heteroatoms. The lowest BCUT2D eigenvalue weighted by Crippen LogP contribution is -2.46. The highest BCUT2D eigenvalue weighted by Crippen LogP contribution is 2.22. The highest BCUT2D eigenvalue weighted by Gasteiger charge is 2.25. The molecule has 0 unspecified atom stereocenters. The molecule has 1 atom stereocenters. The maximum absolute atomic E-state index is 12.9. The van der Waals surface area contributed by atoms with Crippen LogP contribution in [0.5, 0.6) is 5.75 Å². The average molecular weight is 564 g/mol. The van der Waals surface area contributed by atoms with Gasteiger partial charge < -0.3 is 30.7 Å². The van der Waals surface area contributed by atoms with Crippen LogP contribution in [-0.2, 0) is 27.8 Å². The summed E-state index contributed by atoms with van der Waals surface area (Å²) in [6, 6.07) is 12.1. The molecule has 5 N–H and O–H groups in total. The second kappa shape index (κ2) is 16.9. The van der Waals surface area contributed by atoms with Crippen molar-refractivity contribution in [3.8, 4) is 5.75 Å². The number of piperazine rings is 1. The maximum atomic E-state index is 12.9. The molecule has 1 saturated heterocycles. The zero-order chi connectivity index (χ0) is 27.9. The molecule has 0 bridgehead atoms. The molecule has 2 aromatic carbocycles. The van der Waals surface area contributed by atoms with Crippen LogP contribution in [0.3, 0.4) is 0 Å². The van der Waals surface area contributed by atoms with E-state index < -0.39 is 16.1 Å². The molecule has 0 radical (unpaired) electrons. The van der Waals surface area contributed by atoms with Crippen molar-refractivity contribution in [1.29, 1.82) is 0 Å². The van der Waals surface area contributed by atoms with Crippen molar-refractivity contribution in [3.05, 3.63) is 59.2 Å². The molecule has 218 valence electrons. The zero-order valence-electron chi connectivity index (χ0n) is 22.9. The molecule has 2 aromatic rings. The van der Waals surface area contributed by atoms with Gasteiger partial charge in [-0.2, -0.15) is 4.31 Å². The second-order valence-electron chi connectivity index (χ2n) is 10.1. The number of nitrogens with zero attached hydrogens (tertiary/aromatic N) is 1. The van der Waals surface area contributed by atoms with Crippen LogP contribution in [0, 0.1) is 0 Å². The van der Waals surface area contributed by atoms with Crippen LogP contribution in [-0.4, -0.2) is 80.5 Å². The Bertz CT molecular complexity index is 1090. The number of phenols is 1. The van der Waals surface area contributed by atoms with E-state index in [1.807, 2.05) is 18.2 Å². The Kier molecular flexibility index (Phi) is 13.7. The summed E-state index contributed by atoms with van der Waals surface area (Å²) in [5.74, 6) is 0.0347. The number of hydrogen-bond acceptors (Lipinski definition) is 8. The molecule has 0 aliphatic carbocycles. The molecule has 1 fully saturated rings. The average Bonchev–Trinajstić information content (AvgIpc) is 2.96. The van der Waals surface area contributed by atoms with Crippen LogP contribution in [0.4, 0.5) is 0 Å². The van der Waals surface area contributed by atoms with E-state index in [9.17, 15) is 23.7 Å². The molecule has 9 nitrogen and oxygen atoms in total. The van der Waals surface area contributed by atoms with Crippen molar-refractivity contribution in [2.24, 2.45) is 0 Å². The van der Waals surface area contributed by atoms with Gasteiger partial charge in [-0.15, -0.1) is 0 Å². The summed E-state index contributed by atoms with van der Waals surface area (Å²) in [4.78, 5) is 0.388. The third kappa shape index (κ3) is 10.5. The van der Waals surface area contributed by atoms with Crippen LogP contribution >= 0.6 is 0 Å². The first-order valence-electron chi connectivity index (χ1n) is 14.1. The Balaban J connectivity index is 1.18. The SMILES string of the molecule is O=S(=O)(c1cccc(CCCCOCCCCCCNC[C@H](O)c2ccc(O)c(CO)c2)c1)N1CCNCC1. The van der Waals surface area contributed by atoms with Crippen LogP contribution in [0.2, 0.25) is 0 Å². The summed E-state index contributed by atoms with van der Waals surface area (Å²) in [5, 5.41) is 35.6. The van der Waals surface area contributed by atoms with E-state index in [0.29, 0.717) is 55.4 Å². The largest absolute Gasteiger partial charge is 0.508 e. The predicted molar refractivity (Wildman–Crippen MR) is 152 cm³/mol. The summed E-state index contributed by atoms with van der Waals surface area (Å²) < 4.78 is 33.1. The standard InChI is InChI=1S/C29H45N3O6S/c33-23-26-21-25(11-12-28(26)34)29(35)22-31-13-4-1-2-5-18-38-19-6-3-8-24-9-7-10-27(20-24)39(36,37)32-16-14-30-15-17-32/h7,9-12,20-21,29-31,33-35H,1-6,8,13-19,22-23H2/t29-/m0/s1.